The Balaban J connectivity index is 2.40. The van der Waals surface area contributed by atoms with Gasteiger partial charge in [0.05, 0.1) is 18.7 Å². The molecule has 3 N–H and O–H groups in total. The molecule has 1 heterocycles. The number of aliphatic hydroxyl groups excluding tert-OH is 1. The zero-order valence-corrected chi connectivity index (χ0v) is 17.0. The number of thiocarbonyl (C=S) groups is 1. The number of carbonyl (C=O) groups excluding carboxylic acids is 1. The van der Waals surface area contributed by atoms with Gasteiger partial charge in [0.2, 0.25) is 0 Å². The number of methoxy groups -OCH3 is 1. The van der Waals surface area contributed by atoms with E-state index in [-0.39, 0.29) is 19.9 Å². The van der Waals surface area contributed by atoms with Crippen LogP contribution in [0.3, 0.4) is 0 Å². The van der Waals surface area contributed by atoms with Gasteiger partial charge in [0.15, 0.2) is 6.79 Å². The third kappa shape index (κ3) is 5.62. The Kier molecular flexibility index (Phi) is 7.16. The van der Waals surface area contributed by atoms with Crippen molar-refractivity contribution in [3.8, 4) is 5.75 Å². The molecule has 0 fully saturated rings. The molecular weight excluding hydrogens is 368 g/mol. The highest BCUT2D eigenvalue weighted by Crippen LogP contribution is 2.28. The molecule has 7 nitrogen and oxygen atoms in total. The lowest BCUT2D eigenvalue weighted by Crippen LogP contribution is -2.53. The predicted molar refractivity (Wildman–Crippen MR) is 106 cm³/mol. The topological polar surface area (TPSA) is 94.2 Å². The zero-order chi connectivity index (χ0) is 20.2. The van der Waals surface area contributed by atoms with Crippen LogP contribution in [0.1, 0.15) is 31.9 Å². The van der Waals surface area contributed by atoms with Gasteiger partial charge in [-0.25, -0.2) is 4.79 Å². The van der Waals surface area contributed by atoms with E-state index < -0.39 is 23.8 Å². The van der Waals surface area contributed by atoms with Crippen molar-refractivity contribution < 1.29 is 24.1 Å². The first kappa shape index (κ1) is 21.6. The number of aliphatic hydroxyl groups is 1. The molecule has 8 heteroatoms. The number of benzene rings is 1. The van der Waals surface area contributed by atoms with Crippen LogP contribution in [-0.4, -0.2) is 59.2 Å². The molecule has 0 aromatic heterocycles. The summed E-state index contributed by atoms with van der Waals surface area (Å²) in [7, 11) is 1.55. The number of hydrogen-bond donors (Lipinski definition) is 2. The van der Waals surface area contributed by atoms with E-state index in [4.69, 9.17) is 32.2 Å². The second-order valence-electron chi connectivity index (χ2n) is 7.48. The van der Waals surface area contributed by atoms with Crippen LogP contribution >= 0.6 is 12.2 Å². The van der Waals surface area contributed by atoms with Crippen molar-refractivity contribution >= 4 is 23.2 Å². The van der Waals surface area contributed by atoms with E-state index in [1.54, 1.807) is 27.9 Å². The van der Waals surface area contributed by atoms with Gasteiger partial charge in [-0.1, -0.05) is 18.3 Å². The van der Waals surface area contributed by atoms with Crippen molar-refractivity contribution in [3.63, 3.8) is 0 Å². The summed E-state index contributed by atoms with van der Waals surface area (Å²) in [6.45, 7) is 5.72. The average molecular weight is 397 g/mol. The summed E-state index contributed by atoms with van der Waals surface area (Å²) in [5.74, 6) is 0.628. The van der Waals surface area contributed by atoms with Crippen molar-refractivity contribution in [1.29, 1.82) is 0 Å². The van der Waals surface area contributed by atoms with Gasteiger partial charge in [-0.3, -0.25) is 4.90 Å². The third-order valence-electron chi connectivity index (χ3n) is 4.13. The van der Waals surface area contributed by atoms with Gasteiger partial charge >= 0.3 is 6.09 Å². The number of amides is 1. The van der Waals surface area contributed by atoms with Gasteiger partial charge in [-0.15, -0.1) is 0 Å². The van der Waals surface area contributed by atoms with Crippen LogP contribution in [0.5, 0.6) is 5.75 Å². The minimum Gasteiger partial charge on any atom is -0.468 e. The first-order valence-electron chi connectivity index (χ1n) is 8.80. The summed E-state index contributed by atoms with van der Waals surface area (Å²) in [5.41, 5.74) is 6.85. The first-order chi connectivity index (χ1) is 12.7. The molecule has 27 heavy (non-hydrogen) atoms. The SMILES string of the molecule is COCOc1ccc2c(c1)CN(C(=O)OC(C)(C)C)[C@H]([C@H](O)CN)C(=S)C2. The van der Waals surface area contributed by atoms with Crippen molar-refractivity contribution in [3.05, 3.63) is 29.3 Å². The van der Waals surface area contributed by atoms with E-state index in [9.17, 15) is 9.90 Å². The number of carbonyl (C=O) groups is 1. The maximum atomic E-state index is 12.9. The summed E-state index contributed by atoms with van der Waals surface area (Å²) < 4.78 is 16.0. The molecule has 0 saturated heterocycles. The van der Waals surface area contributed by atoms with Gasteiger partial charge in [0.25, 0.3) is 0 Å². The van der Waals surface area contributed by atoms with Crippen LogP contribution in [0.15, 0.2) is 18.2 Å². The van der Waals surface area contributed by atoms with Crippen LogP contribution in [0.2, 0.25) is 0 Å². The lowest BCUT2D eigenvalue weighted by Gasteiger charge is -2.34. The molecule has 1 amide bonds. The van der Waals surface area contributed by atoms with Gasteiger partial charge in [0.1, 0.15) is 11.4 Å². The molecule has 1 aliphatic heterocycles. The maximum absolute atomic E-state index is 12.9. The molecule has 0 aliphatic carbocycles. The smallest absolute Gasteiger partial charge is 0.411 e. The first-order valence-corrected chi connectivity index (χ1v) is 9.21. The van der Waals surface area contributed by atoms with Crippen LogP contribution in [0.25, 0.3) is 0 Å². The van der Waals surface area contributed by atoms with Crippen molar-refractivity contribution in [1.82, 2.24) is 4.90 Å². The molecule has 150 valence electrons. The number of fused-ring (bicyclic) bond motifs is 1. The fraction of sp³-hybridized carbons (Fsp3) is 0.579. The molecule has 0 radical (unpaired) electrons. The molecule has 0 unspecified atom stereocenters. The van der Waals surface area contributed by atoms with E-state index in [1.165, 1.54) is 4.90 Å². The predicted octanol–water partition coefficient (Wildman–Crippen LogP) is 2.02. The standard InChI is InChI=1S/C19H28N2O5S/c1-19(2,3)26-18(23)21-10-13-7-14(25-11-24-4)6-5-12(13)8-16(27)17(21)15(22)9-20/h5-7,15,17,22H,8-11,20H2,1-4H3/t15-,17-/m1/s1. The second kappa shape index (κ2) is 8.97. The molecular formula is C19H28N2O5S. The molecule has 2 rings (SSSR count). The summed E-state index contributed by atoms with van der Waals surface area (Å²) in [5, 5.41) is 10.4. The fourth-order valence-corrected chi connectivity index (χ4v) is 3.38. The molecule has 0 spiro atoms. The van der Waals surface area contributed by atoms with Gasteiger partial charge < -0.3 is 25.1 Å². The summed E-state index contributed by atoms with van der Waals surface area (Å²) in [6.07, 6.45) is -1.06. The number of hydrogen-bond acceptors (Lipinski definition) is 7. The van der Waals surface area contributed by atoms with Gasteiger partial charge in [0, 0.05) is 24.9 Å². The Bertz CT molecular complexity index is 689. The van der Waals surface area contributed by atoms with Crippen LogP contribution in [0.4, 0.5) is 4.79 Å². The van der Waals surface area contributed by atoms with Crippen LogP contribution < -0.4 is 10.5 Å². The summed E-state index contributed by atoms with van der Waals surface area (Å²) in [4.78, 5) is 14.9. The maximum Gasteiger partial charge on any atom is 0.411 e. The normalized spacial score (nSPS) is 18.5. The monoisotopic (exact) mass is 396 g/mol. The van der Waals surface area contributed by atoms with E-state index >= 15 is 0 Å². The lowest BCUT2D eigenvalue weighted by molar-refractivity contribution is 0.00556. The zero-order valence-electron chi connectivity index (χ0n) is 16.2. The lowest BCUT2D eigenvalue weighted by atomic mass is 10.00. The number of ether oxygens (including phenoxy) is 3. The second-order valence-corrected chi connectivity index (χ2v) is 8.00. The summed E-state index contributed by atoms with van der Waals surface area (Å²) >= 11 is 5.56. The summed E-state index contributed by atoms with van der Waals surface area (Å²) in [6, 6.07) is 4.90. The third-order valence-corrected chi connectivity index (χ3v) is 4.51. The van der Waals surface area contributed by atoms with E-state index in [2.05, 4.69) is 0 Å². The van der Waals surface area contributed by atoms with Crippen molar-refractivity contribution in [2.24, 2.45) is 5.73 Å². The van der Waals surface area contributed by atoms with E-state index in [0.29, 0.717) is 17.0 Å². The van der Waals surface area contributed by atoms with Gasteiger partial charge in [-0.05, 0) is 44.0 Å². The Hall–Kier alpha value is -1.74. The van der Waals surface area contributed by atoms with Crippen LogP contribution in [0, 0.1) is 0 Å². The average Bonchev–Trinajstić information content (AvgIpc) is 2.73. The molecule has 1 aliphatic rings. The van der Waals surface area contributed by atoms with E-state index in [0.717, 1.165) is 11.1 Å². The molecule has 1 aromatic rings. The molecule has 0 saturated carbocycles. The number of nitrogens with two attached hydrogens (primary N) is 1. The Morgan fingerprint density at radius 1 is 1.41 bits per heavy atom. The highest BCUT2D eigenvalue weighted by Gasteiger charge is 2.37. The minimum absolute atomic E-state index is 0.0113. The van der Waals surface area contributed by atoms with Crippen LogP contribution in [-0.2, 0) is 22.4 Å². The minimum atomic E-state index is -0.969. The van der Waals surface area contributed by atoms with Crippen molar-refractivity contribution in [2.45, 2.75) is 51.5 Å². The van der Waals surface area contributed by atoms with E-state index in [1.807, 2.05) is 18.2 Å². The van der Waals surface area contributed by atoms with Crippen molar-refractivity contribution in [2.75, 3.05) is 20.4 Å². The quantitative estimate of drug-likeness (QED) is 0.581. The Morgan fingerprint density at radius 3 is 2.70 bits per heavy atom. The molecule has 0 bridgehead atoms. The Labute approximate surface area is 165 Å². The molecule has 2 atom stereocenters. The highest BCUT2D eigenvalue weighted by molar-refractivity contribution is 7.80. The Morgan fingerprint density at radius 2 is 2.11 bits per heavy atom. The largest absolute Gasteiger partial charge is 0.468 e. The number of rotatable bonds is 5. The number of nitrogens with zero attached hydrogens (tertiary/aromatic N) is 1. The highest BCUT2D eigenvalue weighted by atomic mass is 32.1. The fourth-order valence-electron chi connectivity index (χ4n) is 2.94. The van der Waals surface area contributed by atoms with Gasteiger partial charge in [-0.2, -0.15) is 0 Å². The molecule has 1 aromatic carbocycles.